The van der Waals surface area contributed by atoms with Crippen molar-refractivity contribution in [1.29, 1.82) is 0 Å². The predicted molar refractivity (Wildman–Crippen MR) is 67.9 cm³/mol. The van der Waals surface area contributed by atoms with Crippen molar-refractivity contribution in [3.63, 3.8) is 0 Å². The van der Waals surface area contributed by atoms with E-state index in [1.807, 2.05) is 18.2 Å². The number of aromatic nitrogens is 1. The quantitative estimate of drug-likeness (QED) is 0.877. The maximum atomic E-state index is 5.48. The molecule has 0 unspecified atom stereocenters. The lowest BCUT2D eigenvalue weighted by Gasteiger charge is -2.09. The summed E-state index contributed by atoms with van der Waals surface area (Å²) in [6, 6.07) is 7.46. The Labute approximate surface area is 105 Å². The first kappa shape index (κ1) is 12.3. The van der Waals surface area contributed by atoms with Crippen molar-refractivity contribution in [1.82, 2.24) is 5.16 Å². The summed E-state index contributed by atoms with van der Waals surface area (Å²) in [5.74, 6) is 1.99. The second-order valence-electron chi connectivity index (χ2n) is 3.90. The van der Waals surface area contributed by atoms with Gasteiger partial charge in [-0.2, -0.15) is 0 Å². The highest BCUT2D eigenvalue weighted by Gasteiger charge is 2.07. The van der Waals surface area contributed by atoms with Gasteiger partial charge < -0.3 is 19.7 Å². The van der Waals surface area contributed by atoms with E-state index in [2.05, 4.69) is 5.16 Å². The zero-order chi connectivity index (χ0) is 13.0. The lowest BCUT2D eigenvalue weighted by atomic mass is 10.1. The highest BCUT2D eigenvalue weighted by molar-refractivity contribution is 5.40. The molecule has 2 N–H and O–H groups in total. The Kier molecular flexibility index (Phi) is 3.72. The highest BCUT2D eigenvalue weighted by Crippen LogP contribution is 2.25. The SMILES string of the molecule is COc1ccc(OC)c(CCc2cc(N)on2)c1. The molecule has 0 aliphatic heterocycles. The van der Waals surface area contributed by atoms with Crippen LogP contribution in [0.2, 0.25) is 0 Å². The van der Waals surface area contributed by atoms with Crippen LogP contribution in [0.15, 0.2) is 28.8 Å². The Morgan fingerprint density at radius 2 is 2.00 bits per heavy atom. The summed E-state index contributed by atoms with van der Waals surface area (Å²) in [6.45, 7) is 0. The van der Waals surface area contributed by atoms with E-state index in [0.717, 1.165) is 35.6 Å². The first-order valence-corrected chi connectivity index (χ1v) is 5.65. The van der Waals surface area contributed by atoms with Gasteiger partial charge in [-0.25, -0.2) is 0 Å². The van der Waals surface area contributed by atoms with Crippen LogP contribution >= 0.6 is 0 Å². The van der Waals surface area contributed by atoms with Gasteiger partial charge in [0.05, 0.1) is 19.9 Å². The number of hydrogen-bond donors (Lipinski definition) is 1. The second-order valence-corrected chi connectivity index (χ2v) is 3.90. The molecule has 5 heteroatoms. The van der Waals surface area contributed by atoms with Gasteiger partial charge in [0.2, 0.25) is 5.88 Å². The van der Waals surface area contributed by atoms with Gasteiger partial charge in [-0.3, -0.25) is 0 Å². The topological polar surface area (TPSA) is 70.5 Å². The van der Waals surface area contributed by atoms with Crippen LogP contribution in [0.5, 0.6) is 11.5 Å². The average molecular weight is 248 g/mol. The molecule has 0 spiro atoms. The zero-order valence-electron chi connectivity index (χ0n) is 10.5. The van der Waals surface area contributed by atoms with E-state index in [1.54, 1.807) is 20.3 Å². The van der Waals surface area contributed by atoms with Gasteiger partial charge in [-0.05, 0) is 36.6 Å². The summed E-state index contributed by atoms with van der Waals surface area (Å²) in [7, 11) is 3.29. The van der Waals surface area contributed by atoms with Gasteiger partial charge in [0, 0.05) is 6.07 Å². The van der Waals surface area contributed by atoms with Crippen molar-refractivity contribution >= 4 is 5.88 Å². The summed E-state index contributed by atoms with van der Waals surface area (Å²) in [6.07, 6.45) is 1.52. The number of nitrogen functional groups attached to an aromatic ring is 1. The third-order valence-electron chi connectivity index (χ3n) is 2.72. The van der Waals surface area contributed by atoms with Gasteiger partial charge in [0.25, 0.3) is 0 Å². The van der Waals surface area contributed by atoms with Crippen molar-refractivity contribution in [3.8, 4) is 11.5 Å². The Morgan fingerprint density at radius 3 is 2.61 bits per heavy atom. The standard InChI is InChI=1S/C13H16N2O3/c1-16-11-5-6-12(17-2)9(7-11)3-4-10-8-13(14)18-15-10/h5-8H,3-4,14H2,1-2H3. The highest BCUT2D eigenvalue weighted by atomic mass is 16.5. The molecule has 0 saturated carbocycles. The molecule has 1 aromatic heterocycles. The number of anilines is 1. The first-order chi connectivity index (χ1) is 8.72. The Morgan fingerprint density at radius 1 is 1.17 bits per heavy atom. The monoisotopic (exact) mass is 248 g/mol. The van der Waals surface area contributed by atoms with Crippen molar-refractivity contribution in [2.24, 2.45) is 0 Å². The first-order valence-electron chi connectivity index (χ1n) is 5.65. The fourth-order valence-electron chi connectivity index (χ4n) is 1.79. The van der Waals surface area contributed by atoms with Crippen molar-refractivity contribution in [2.75, 3.05) is 20.0 Å². The maximum Gasteiger partial charge on any atom is 0.222 e. The van der Waals surface area contributed by atoms with E-state index in [9.17, 15) is 0 Å². The van der Waals surface area contributed by atoms with Gasteiger partial charge in [-0.1, -0.05) is 5.16 Å². The fraction of sp³-hybridized carbons (Fsp3) is 0.308. The fourth-order valence-corrected chi connectivity index (χ4v) is 1.79. The molecular weight excluding hydrogens is 232 g/mol. The molecule has 18 heavy (non-hydrogen) atoms. The second kappa shape index (κ2) is 5.44. The third-order valence-corrected chi connectivity index (χ3v) is 2.72. The van der Waals surface area contributed by atoms with Gasteiger partial charge in [0.1, 0.15) is 11.5 Å². The Balaban J connectivity index is 2.11. The molecular formula is C13H16N2O3. The smallest absolute Gasteiger partial charge is 0.222 e. The molecule has 0 atom stereocenters. The molecule has 0 amide bonds. The molecule has 2 rings (SSSR count). The van der Waals surface area contributed by atoms with Crippen LogP contribution in [-0.2, 0) is 12.8 Å². The molecule has 0 radical (unpaired) electrons. The maximum absolute atomic E-state index is 5.48. The van der Waals surface area contributed by atoms with Crippen molar-refractivity contribution in [2.45, 2.75) is 12.8 Å². The molecule has 0 aliphatic carbocycles. The Hall–Kier alpha value is -2.17. The molecule has 0 fully saturated rings. The number of hydrogen-bond acceptors (Lipinski definition) is 5. The zero-order valence-corrected chi connectivity index (χ0v) is 10.5. The number of benzene rings is 1. The summed E-state index contributed by atoms with van der Waals surface area (Å²) in [5, 5.41) is 3.86. The lowest BCUT2D eigenvalue weighted by Crippen LogP contribution is -1.97. The van der Waals surface area contributed by atoms with Crippen LogP contribution in [-0.4, -0.2) is 19.4 Å². The summed E-state index contributed by atoms with van der Waals surface area (Å²) >= 11 is 0. The van der Waals surface area contributed by atoms with Crippen LogP contribution in [0.25, 0.3) is 0 Å². The van der Waals surface area contributed by atoms with Crippen LogP contribution in [0, 0.1) is 0 Å². The van der Waals surface area contributed by atoms with Gasteiger partial charge >= 0.3 is 0 Å². The van der Waals surface area contributed by atoms with Crippen LogP contribution in [0.1, 0.15) is 11.3 Å². The number of methoxy groups -OCH3 is 2. The molecule has 0 saturated heterocycles. The van der Waals surface area contributed by atoms with E-state index >= 15 is 0 Å². The number of ether oxygens (including phenoxy) is 2. The molecule has 1 heterocycles. The third kappa shape index (κ3) is 2.74. The number of nitrogens with zero attached hydrogens (tertiary/aromatic N) is 1. The molecule has 0 bridgehead atoms. The van der Waals surface area contributed by atoms with E-state index in [4.69, 9.17) is 19.7 Å². The number of rotatable bonds is 5. The predicted octanol–water partition coefficient (Wildman–Crippen LogP) is 2.06. The minimum absolute atomic E-state index is 0.336. The van der Waals surface area contributed by atoms with Crippen LogP contribution < -0.4 is 15.2 Å². The number of nitrogens with two attached hydrogens (primary N) is 1. The van der Waals surface area contributed by atoms with Gasteiger partial charge in [0.15, 0.2) is 0 Å². The molecule has 0 aliphatic rings. The number of aryl methyl sites for hydroxylation is 2. The van der Waals surface area contributed by atoms with E-state index in [1.165, 1.54) is 0 Å². The van der Waals surface area contributed by atoms with Crippen molar-refractivity contribution < 1.29 is 14.0 Å². The normalized spacial score (nSPS) is 10.3. The van der Waals surface area contributed by atoms with E-state index in [0.29, 0.717) is 5.88 Å². The molecule has 96 valence electrons. The van der Waals surface area contributed by atoms with Crippen LogP contribution in [0.4, 0.5) is 5.88 Å². The molecule has 2 aromatic rings. The summed E-state index contributed by atoms with van der Waals surface area (Å²) < 4.78 is 15.3. The van der Waals surface area contributed by atoms with E-state index < -0.39 is 0 Å². The Bertz CT molecular complexity index is 523. The van der Waals surface area contributed by atoms with Crippen LogP contribution in [0.3, 0.4) is 0 Å². The largest absolute Gasteiger partial charge is 0.497 e. The molecule has 1 aromatic carbocycles. The minimum atomic E-state index is 0.336. The average Bonchev–Trinajstić information content (AvgIpc) is 2.81. The van der Waals surface area contributed by atoms with Gasteiger partial charge in [-0.15, -0.1) is 0 Å². The summed E-state index contributed by atoms with van der Waals surface area (Å²) in [4.78, 5) is 0. The molecule has 5 nitrogen and oxygen atoms in total. The summed E-state index contributed by atoms with van der Waals surface area (Å²) in [5.41, 5.74) is 7.37. The minimum Gasteiger partial charge on any atom is -0.497 e. The van der Waals surface area contributed by atoms with E-state index in [-0.39, 0.29) is 0 Å². The lowest BCUT2D eigenvalue weighted by molar-refractivity contribution is 0.398. The van der Waals surface area contributed by atoms with Crippen molar-refractivity contribution in [3.05, 3.63) is 35.5 Å².